The summed E-state index contributed by atoms with van der Waals surface area (Å²) < 4.78 is 4.47. The highest BCUT2D eigenvalue weighted by Gasteiger charge is 2.15. The Kier molecular flexibility index (Phi) is 5.71. The van der Waals surface area contributed by atoms with Crippen molar-refractivity contribution in [2.75, 3.05) is 6.54 Å². The normalized spacial score (nSPS) is 11.1. The lowest BCUT2D eigenvalue weighted by atomic mass is 10.0. The van der Waals surface area contributed by atoms with Gasteiger partial charge in [-0.3, -0.25) is 9.48 Å². The van der Waals surface area contributed by atoms with Gasteiger partial charge < -0.3 is 5.32 Å². The summed E-state index contributed by atoms with van der Waals surface area (Å²) in [5.41, 5.74) is 3.77. The first-order chi connectivity index (χ1) is 14.1. The first-order valence-electron chi connectivity index (χ1n) is 9.44. The van der Waals surface area contributed by atoms with Crippen LogP contribution in [0.15, 0.2) is 59.5 Å². The SMILES string of the molecule is Cc1nn(CC(=O)NCCCn2cc(Br)cn2)c2nccc(-c3ccccc3)c12. The molecular formula is C21H21BrN6O. The molecule has 0 fully saturated rings. The minimum atomic E-state index is -0.0806. The number of nitrogens with zero attached hydrogens (tertiary/aromatic N) is 5. The molecule has 0 saturated heterocycles. The number of benzene rings is 1. The summed E-state index contributed by atoms with van der Waals surface area (Å²) in [6.07, 6.45) is 6.23. The molecule has 4 rings (SSSR count). The van der Waals surface area contributed by atoms with Gasteiger partial charge in [0.15, 0.2) is 5.65 Å². The van der Waals surface area contributed by atoms with E-state index in [1.807, 2.05) is 42.1 Å². The topological polar surface area (TPSA) is 77.6 Å². The number of hydrogen-bond donors (Lipinski definition) is 1. The van der Waals surface area contributed by atoms with Crippen molar-refractivity contribution < 1.29 is 4.79 Å². The Bertz CT molecular complexity index is 1130. The number of fused-ring (bicyclic) bond motifs is 1. The highest BCUT2D eigenvalue weighted by Crippen LogP contribution is 2.29. The predicted molar refractivity (Wildman–Crippen MR) is 115 cm³/mol. The molecule has 0 saturated carbocycles. The highest BCUT2D eigenvalue weighted by atomic mass is 79.9. The van der Waals surface area contributed by atoms with Gasteiger partial charge in [0.05, 0.1) is 16.4 Å². The minimum absolute atomic E-state index is 0.0806. The van der Waals surface area contributed by atoms with E-state index >= 15 is 0 Å². The summed E-state index contributed by atoms with van der Waals surface area (Å²) in [6, 6.07) is 12.1. The van der Waals surface area contributed by atoms with E-state index in [1.54, 1.807) is 17.1 Å². The summed E-state index contributed by atoms with van der Waals surface area (Å²) in [5, 5.41) is 12.7. The van der Waals surface area contributed by atoms with Gasteiger partial charge in [0.25, 0.3) is 0 Å². The number of rotatable bonds is 7. The van der Waals surface area contributed by atoms with Gasteiger partial charge in [-0.05, 0) is 46.5 Å². The molecule has 0 aliphatic carbocycles. The number of carbonyl (C=O) groups excluding carboxylic acids is 1. The van der Waals surface area contributed by atoms with Gasteiger partial charge in [0, 0.05) is 30.9 Å². The maximum atomic E-state index is 12.4. The van der Waals surface area contributed by atoms with Gasteiger partial charge in [0.2, 0.25) is 5.91 Å². The second-order valence-electron chi connectivity index (χ2n) is 6.79. The number of aromatic nitrogens is 5. The van der Waals surface area contributed by atoms with E-state index in [0.29, 0.717) is 6.54 Å². The average molecular weight is 453 g/mol. The van der Waals surface area contributed by atoms with Crippen LogP contribution in [0.3, 0.4) is 0 Å². The largest absolute Gasteiger partial charge is 0.354 e. The van der Waals surface area contributed by atoms with Crippen LogP contribution in [0.4, 0.5) is 0 Å². The lowest BCUT2D eigenvalue weighted by molar-refractivity contribution is -0.121. The Morgan fingerprint density at radius 1 is 1.21 bits per heavy atom. The molecule has 1 N–H and O–H groups in total. The lowest BCUT2D eigenvalue weighted by Gasteiger charge is -2.07. The van der Waals surface area contributed by atoms with Crippen LogP contribution in [0.25, 0.3) is 22.2 Å². The molecule has 148 valence electrons. The fraction of sp³-hybridized carbons (Fsp3) is 0.238. The third-order valence-corrected chi connectivity index (χ3v) is 5.08. The summed E-state index contributed by atoms with van der Waals surface area (Å²) >= 11 is 3.37. The standard InChI is InChI=1S/C21H21BrN6O/c1-15-20-18(16-6-3-2-4-7-16)8-10-24-21(20)28(26-15)14-19(29)23-9-5-11-27-13-17(22)12-25-27/h2-4,6-8,10,12-13H,5,9,11,14H2,1H3,(H,23,29). The maximum absolute atomic E-state index is 12.4. The number of halogens is 1. The van der Waals surface area contributed by atoms with Gasteiger partial charge >= 0.3 is 0 Å². The lowest BCUT2D eigenvalue weighted by Crippen LogP contribution is -2.29. The van der Waals surface area contributed by atoms with Crippen LogP contribution < -0.4 is 5.32 Å². The Labute approximate surface area is 176 Å². The fourth-order valence-electron chi connectivity index (χ4n) is 3.37. The van der Waals surface area contributed by atoms with Crippen molar-refractivity contribution in [3.8, 4) is 11.1 Å². The number of amides is 1. The van der Waals surface area contributed by atoms with Crippen molar-refractivity contribution in [2.24, 2.45) is 0 Å². The molecule has 0 atom stereocenters. The molecule has 0 unspecified atom stereocenters. The third kappa shape index (κ3) is 4.37. The molecule has 0 spiro atoms. The summed E-state index contributed by atoms with van der Waals surface area (Å²) in [5.74, 6) is -0.0806. The zero-order valence-corrected chi connectivity index (χ0v) is 17.6. The zero-order valence-electron chi connectivity index (χ0n) is 16.0. The highest BCUT2D eigenvalue weighted by molar-refractivity contribution is 9.10. The van der Waals surface area contributed by atoms with Crippen LogP contribution in [0.5, 0.6) is 0 Å². The van der Waals surface area contributed by atoms with Crippen molar-refractivity contribution in [1.29, 1.82) is 0 Å². The monoisotopic (exact) mass is 452 g/mol. The molecule has 1 aromatic carbocycles. The average Bonchev–Trinajstić information content (AvgIpc) is 3.29. The molecular weight excluding hydrogens is 432 g/mol. The van der Waals surface area contributed by atoms with E-state index in [-0.39, 0.29) is 12.5 Å². The second kappa shape index (κ2) is 8.57. The van der Waals surface area contributed by atoms with Crippen molar-refractivity contribution in [1.82, 2.24) is 29.9 Å². The van der Waals surface area contributed by atoms with Crippen molar-refractivity contribution in [3.05, 3.63) is 65.2 Å². The quantitative estimate of drug-likeness (QED) is 0.434. The number of carbonyl (C=O) groups is 1. The van der Waals surface area contributed by atoms with Crippen LogP contribution in [0.1, 0.15) is 12.1 Å². The van der Waals surface area contributed by atoms with Gasteiger partial charge in [-0.2, -0.15) is 10.2 Å². The van der Waals surface area contributed by atoms with Crippen LogP contribution >= 0.6 is 15.9 Å². The summed E-state index contributed by atoms with van der Waals surface area (Å²) in [7, 11) is 0. The molecule has 3 heterocycles. The maximum Gasteiger partial charge on any atom is 0.241 e. The third-order valence-electron chi connectivity index (χ3n) is 4.67. The Hall–Kier alpha value is -3.00. The van der Waals surface area contributed by atoms with Crippen LogP contribution in [-0.2, 0) is 17.9 Å². The fourth-order valence-corrected chi connectivity index (χ4v) is 3.70. The molecule has 7 nitrogen and oxygen atoms in total. The Balaban J connectivity index is 1.43. The van der Waals surface area contributed by atoms with Crippen LogP contribution in [-0.4, -0.2) is 37.0 Å². The number of nitrogens with one attached hydrogen (secondary N) is 1. The van der Waals surface area contributed by atoms with E-state index in [1.165, 1.54) is 0 Å². The summed E-state index contributed by atoms with van der Waals surface area (Å²) in [6.45, 7) is 3.42. The van der Waals surface area contributed by atoms with E-state index < -0.39 is 0 Å². The van der Waals surface area contributed by atoms with Crippen molar-refractivity contribution in [2.45, 2.75) is 26.4 Å². The molecule has 1 amide bonds. The van der Waals surface area contributed by atoms with Gasteiger partial charge in [-0.15, -0.1) is 0 Å². The van der Waals surface area contributed by atoms with E-state index in [9.17, 15) is 4.79 Å². The number of pyridine rings is 1. The van der Waals surface area contributed by atoms with E-state index in [4.69, 9.17) is 0 Å². The molecule has 0 aliphatic rings. The second-order valence-corrected chi connectivity index (χ2v) is 7.71. The molecule has 4 aromatic rings. The van der Waals surface area contributed by atoms with Gasteiger partial charge in [-0.1, -0.05) is 30.3 Å². The van der Waals surface area contributed by atoms with Gasteiger partial charge in [0.1, 0.15) is 6.54 Å². The summed E-state index contributed by atoms with van der Waals surface area (Å²) in [4.78, 5) is 16.9. The van der Waals surface area contributed by atoms with Crippen LogP contribution in [0, 0.1) is 6.92 Å². The molecule has 3 aromatic heterocycles. The molecule has 29 heavy (non-hydrogen) atoms. The van der Waals surface area contributed by atoms with E-state index in [2.05, 4.69) is 48.6 Å². The Morgan fingerprint density at radius 3 is 2.79 bits per heavy atom. The first-order valence-corrected chi connectivity index (χ1v) is 10.2. The first kappa shape index (κ1) is 19.3. The molecule has 0 aliphatic heterocycles. The minimum Gasteiger partial charge on any atom is -0.354 e. The number of hydrogen-bond acceptors (Lipinski definition) is 4. The van der Waals surface area contributed by atoms with Gasteiger partial charge in [-0.25, -0.2) is 9.67 Å². The van der Waals surface area contributed by atoms with Crippen LogP contribution in [0.2, 0.25) is 0 Å². The number of aryl methyl sites for hydroxylation is 2. The van der Waals surface area contributed by atoms with Crippen molar-refractivity contribution >= 4 is 32.9 Å². The molecule has 8 heteroatoms. The molecule has 0 bridgehead atoms. The predicted octanol–water partition coefficient (Wildman–Crippen LogP) is 3.57. The van der Waals surface area contributed by atoms with E-state index in [0.717, 1.165) is 45.3 Å². The zero-order chi connectivity index (χ0) is 20.2. The van der Waals surface area contributed by atoms with Crippen molar-refractivity contribution in [3.63, 3.8) is 0 Å². The Morgan fingerprint density at radius 2 is 2.03 bits per heavy atom. The molecule has 0 radical (unpaired) electrons. The smallest absolute Gasteiger partial charge is 0.241 e.